The van der Waals surface area contributed by atoms with Gasteiger partial charge in [-0.25, -0.2) is 0 Å². The minimum Gasteiger partial charge on any atom is -0.336 e. The number of nitrogens with zero attached hydrogens (tertiary/aromatic N) is 3. The molecule has 4 rings (SSSR count). The Hall–Kier alpha value is -1.88. The van der Waals surface area contributed by atoms with E-state index >= 15 is 0 Å². The molecular formula is C23H33N3O2. The molecule has 5 nitrogen and oxygen atoms in total. The zero-order valence-electron chi connectivity index (χ0n) is 17.2. The molecule has 3 heterocycles. The first-order valence-corrected chi connectivity index (χ1v) is 10.9. The van der Waals surface area contributed by atoms with Gasteiger partial charge in [0.1, 0.15) is 6.04 Å². The number of carbonyl (C=O) groups is 2. The minimum atomic E-state index is -0.346. The van der Waals surface area contributed by atoms with E-state index in [-0.39, 0.29) is 23.9 Å². The summed E-state index contributed by atoms with van der Waals surface area (Å²) in [6, 6.07) is 10.9. The van der Waals surface area contributed by atoms with Gasteiger partial charge in [0.2, 0.25) is 11.8 Å². The summed E-state index contributed by atoms with van der Waals surface area (Å²) in [6.07, 6.45) is 6.15. The van der Waals surface area contributed by atoms with Crippen molar-refractivity contribution in [1.29, 1.82) is 0 Å². The van der Waals surface area contributed by atoms with Crippen LogP contribution in [0.25, 0.3) is 0 Å². The van der Waals surface area contributed by atoms with E-state index in [9.17, 15) is 9.59 Å². The number of hydrogen-bond donors (Lipinski definition) is 0. The molecule has 2 amide bonds. The average molecular weight is 384 g/mol. The zero-order valence-corrected chi connectivity index (χ0v) is 17.2. The Balaban J connectivity index is 1.62. The van der Waals surface area contributed by atoms with E-state index < -0.39 is 0 Å². The SMILES string of the molecule is CC(C(=O)N1C[C@@H](c2ccccc2)[C@H]2[C@H]1CCCCCN2C)N1CCCC1=O. The molecule has 0 aliphatic carbocycles. The molecule has 1 unspecified atom stereocenters. The van der Waals surface area contributed by atoms with Gasteiger partial charge < -0.3 is 14.7 Å². The van der Waals surface area contributed by atoms with Gasteiger partial charge in [0.05, 0.1) is 0 Å². The zero-order chi connectivity index (χ0) is 19.7. The minimum absolute atomic E-state index is 0.131. The van der Waals surface area contributed by atoms with Crippen molar-refractivity contribution in [3.8, 4) is 0 Å². The lowest BCUT2D eigenvalue weighted by atomic mass is 9.87. The summed E-state index contributed by atoms with van der Waals surface area (Å²) in [5.74, 6) is 0.600. The lowest BCUT2D eigenvalue weighted by Crippen LogP contribution is -2.52. The highest BCUT2D eigenvalue weighted by Crippen LogP contribution is 2.39. The fourth-order valence-corrected chi connectivity index (χ4v) is 5.58. The van der Waals surface area contributed by atoms with Gasteiger partial charge in [-0.05, 0) is 45.3 Å². The monoisotopic (exact) mass is 383 g/mol. The topological polar surface area (TPSA) is 43.9 Å². The van der Waals surface area contributed by atoms with Crippen LogP contribution >= 0.6 is 0 Å². The summed E-state index contributed by atoms with van der Waals surface area (Å²) < 4.78 is 0. The van der Waals surface area contributed by atoms with E-state index in [1.807, 2.05) is 6.92 Å². The third kappa shape index (κ3) is 3.57. The summed E-state index contributed by atoms with van der Waals surface area (Å²) in [6.45, 7) is 4.49. The second kappa shape index (κ2) is 8.24. The van der Waals surface area contributed by atoms with Crippen molar-refractivity contribution in [2.24, 2.45) is 0 Å². The van der Waals surface area contributed by atoms with Gasteiger partial charge >= 0.3 is 0 Å². The maximum Gasteiger partial charge on any atom is 0.245 e. The highest BCUT2D eigenvalue weighted by atomic mass is 16.2. The van der Waals surface area contributed by atoms with Crippen LogP contribution < -0.4 is 0 Å². The van der Waals surface area contributed by atoms with Crippen molar-refractivity contribution in [1.82, 2.24) is 14.7 Å². The molecule has 4 atom stereocenters. The smallest absolute Gasteiger partial charge is 0.245 e. The molecule has 3 aliphatic rings. The standard InChI is InChI=1S/C23H33N3O2/c1-17(25-15-9-13-21(25)27)23(28)26-16-19(18-10-5-3-6-11-18)22-20(26)12-7-4-8-14-24(22)2/h3,5-6,10-11,17,19-20,22H,4,7-9,12-16H2,1-2H3/t17?,19-,20+,22-/m0/s1. The van der Waals surface area contributed by atoms with Crippen LogP contribution in [0.2, 0.25) is 0 Å². The van der Waals surface area contributed by atoms with Crippen molar-refractivity contribution in [3.05, 3.63) is 35.9 Å². The van der Waals surface area contributed by atoms with E-state index in [4.69, 9.17) is 0 Å². The highest BCUT2D eigenvalue weighted by molar-refractivity contribution is 5.88. The van der Waals surface area contributed by atoms with Crippen LogP contribution in [0, 0.1) is 0 Å². The second-order valence-electron chi connectivity index (χ2n) is 8.76. The quantitative estimate of drug-likeness (QED) is 0.806. The fourth-order valence-electron chi connectivity index (χ4n) is 5.58. The normalized spacial score (nSPS) is 30.1. The van der Waals surface area contributed by atoms with Crippen molar-refractivity contribution < 1.29 is 9.59 Å². The van der Waals surface area contributed by atoms with Gasteiger partial charge in [-0.2, -0.15) is 0 Å². The van der Waals surface area contributed by atoms with E-state index in [0.717, 1.165) is 32.5 Å². The largest absolute Gasteiger partial charge is 0.336 e. The van der Waals surface area contributed by atoms with Gasteiger partial charge in [-0.3, -0.25) is 9.59 Å². The molecule has 3 fully saturated rings. The third-order valence-electron chi connectivity index (χ3n) is 7.07. The summed E-state index contributed by atoms with van der Waals surface area (Å²) in [5.41, 5.74) is 1.32. The Morgan fingerprint density at radius 2 is 1.86 bits per heavy atom. The molecule has 1 aromatic carbocycles. The predicted molar refractivity (Wildman–Crippen MR) is 110 cm³/mol. The van der Waals surface area contributed by atoms with E-state index in [0.29, 0.717) is 18.4 Å². The van der Waals surface area contributed by atoms with E-state index in [2.05, 4.69) is 47.2 Å². The number of carbonyl (C=O) groups excluding carboxylic acids is 2. The Labute approximate surface area is 168 Å². The number of likely N-dealkylation sites (tertiary alicyclic amines) is 3. The van der Waals surface area contributed by atoms with Crippen LogP contribution in [0.3, 0.4) is 0 Å². The Morgan fingerprint density at radius 3 is 2.57 bits per heavy atom. The van der Waals surface area contributed by atoms with Crippen molar-refractivity contribution in [2.75, 3.05) is 26.7 Å². The first-order chi connectivity index (χ1) is 13.6. The molecule has 0 spiro atoms. The first-order valence-electron chi connectivity index (χ1n) is 10.9. The van der Waals surface area contributed by atoms with Crippen LogP contribution in [0.1, 0.15) is 56.9 Å². The molecule has 1 aromatic rings. The number of fused-ring (bicyclic) bond motifs is 1. The van der Waals surface area contributed by atoms with Crippen LogP contribution in [-0.2, 0) is 9.59 Å². The molecule has 0 bridgehead atoms. The molecule has 0 N–H and O–H groups in total. The first kappa shape index (κ1) is 19.4. The molecule has 5 heteroatoms. The third-order valence-corrected chi connectivity index (χ3v) is 7.07. The van der Waals surface area contributed by atoms with E-state index in [1.54, 1.807) is 4.90 Å². The molecule has 3 aliphatic heterocycles. The Kier molecular flexibility index (Phi) is 5.72. The van der Waals surface area contributed by atoms with Crippen molar-refractivity contribution in [2.45, 2.75) is 69.5 Å². The van der Waals surface area contributed by atoms with Crippen LogP contribution in [0.4, 0.5) is 0 Å². The highest BCUT2D eigenvalue weighted by Gasteiger charge is 2.48. The van der Waals surface area contributed by atoms with Crippen molar-refractivity contribution >= 4 is 11.8 Å². The van der Waals surface area contributed by atoms with Gasteiger partial charge in [0, 0.05) is 37.5 Å². The number of rotatable bonds is 3. The molecule has 152 valence electrons. The number of likely N-dealkylation sites (N-methyl/N-ethyl adjacent to an activating group) is 1. The number of hydrogen-bond acceptors (Lipinski definition) is 3. The number of benzene rings is 1. The maximum absolute atomic E-state index is 13.5. The van der Waals surface area contributed by atoms with Gasteiger partial charge in [0.25, 0.3) is 0 Å². The maximum atomic E-state index is 13.5. The summed E-state index contributed by atoms with van der Waals surface area (Å²) in [5, 5.41) is 0. The summed E-state index contributed by atoms with van der Waals surface area (Å²) >= 11 is 0. The lowest BCUT2D eigenvalue weighted by Gasteiger charge is -2.38. The van der Waals surface area contributed by atoms with E-state index in [1.165, 1.54) is 24.8 Å². The van der Waals surface area contributed by atoms with Crippen LogP contribution in [0.5, 0.6) is 0 Å². The molecule has 0 saturated carbocycles. The van der Waals surface area contributed by atoms with Gasteiger partial charge in [0.15, 0.2) is 0 Å². The molecule has 0 aromatic heterocycles. The van der Waals surface area contributed by atoms with Crippen LogP contribution in [0.15, 0.2) is 30.3 Å². The lowest BCUT2D eigenvalue weighted by molar-refractivity contribution is -0.143. The molecule has 3 saturated heterocycles. The molecular weight excluding hydrogens is 350 g/mol. The predicted octanol–water partition coefficient (Wildman–Crippen LogP) is 2.87. The molecule has 28 heavy (non-hydrogen) atoms. The summed E-state index contributed by atoms with van der Waals surface area (Å²) in [7, 11) is 2.22. The second-order valence-corrected chi connectivity index (χ2v) is 8.76. The van der Waals surface area contributed by atoms with Crippen molar-refractivity contribution in [3.63, 3.8) is 0 Å². The summed E-state index contributed by atoms with van der Waals surface area (Å²) in [4.78, 5) is 32.1. The Bertz CT molecular complexity index is 707. The fraction of sp³-hybridized carbons (Fsp3) is 0.652. The van der Waals surface area contributed by atoms with Gasteiger partial charge in [-0.15, -0.1) is 0 Å². The van der Waals surface area contributed by atoms with Gasteiger partial charge in [-0.1, -0.05) is 43.2 Å². The molecule has 0 radical (unpaired) electrons. The van der Waals surface area contributed by atoms with Crippen LogP contribution in [-0.4, -0.2) is 71.3 Å². The Morgan fingerprint density at radius 1 is 1.07 bits per heavy atom. The number of amides is 2. The average Bonchev–Trinajstić information content (AvgIpc) is 3.29.